The Bertz CT molecular complexity index is 3580. The first-order chi connectivity index (χ1) is 60.7. The van der Waals surface area contributed by atoms with Gasteiger partial charge in [-0.15, -0.1) is 0 Å². The Morgan fingerprint density at radius 3 is 0.968 bits per heavy atom. The van der Waals surface area contributed by atoms with Crippen molar-refractivity contribution in [2.45, 2.75) is 362 Å². The monoisotopic (exact) mass is 1720 g/mol. The van der Waals surface area contributed by atoms with E-state index in [1.807, 2.05) is 68.4 Å². The molecule has 124 heavy (non-hydrogen) atoms. The third-order valence-corrected chi connectivity index (χ3v) is 23.1. The lowest BCUT2D eigenvalue weighted by Crippen LogP contribution is -2.13. The van der Waals surface area contributed by atoms with E-state index in [-0.39, 0.29) is 68.1 Å². The highest BCUT2D eigenvalue weighted by molar-refractivity contribution is 5.93. The number of carbonyl (C=O) groups is 7. The fraction of sp³-hybridized carbons (Fsp3) is 0.648. The van der Waals surface area contributed by atoms with Crippen molar-refractivity contribution in [1.29, 1.82) is 0 Å². The number of hydrogen-bond acceptors (Lipinski definition) is 19. The van der Waals surface area contributed by atoms with Crippen molar-refractivity contribution >= 4 is 41.8 Å². The molecule has 2 aliphatic rings. The number of rotatable bonds is 65. The number of ether oxygens (including phenoxy) is 11. The minimum atomic E-state index is -0.409. The maximum atomic E-state index is 12.9. The van der Waals surface area contributed by atoms with Crippen molar-refractivity contribution < 1.29 is 90.8 Å². The summed E-state index contributed by atoms with van der Waals surface area (Å²) < 4.78 is 60.7. The quantitative estimate of drug-likeness (QED) is 0.0165. The van der Waals surface area contributed by atoms with Gasteiger partial charge in [0, 0.05) is 6.61 Å². The van der Waals surface area contributed by atoms with Crippen molar-refractivity contribution in [3.05, 3.63) is 143 Å². The summed E-state index contributed by atoms with van der Waals surface area (Å²) in [6.07, 6.45) is 49.6. The van der Waals surface area contributed by atoms with Crippen LogP contribution >= 0.6 is 0 Å². The van der Waals surface area contributed by atoms with Crippen LogP contribution in [0.25, 0.3) is 0 Å². The largest absolute Gasteiger partial charge is 0.494 e. The Labute approximate surface area is 745 Å². The molecular formula is C105H158O19. The van der Waals surface area contributed by atoms with E-state index in [0.717, 1.165) is 171 Å². The highest BCUT2D eigenvalue weighted by atomic mass is 16.6. The van der Waals surface area contributed by atoms with E-state index in [9.17, 15) is 33.6 Å². The summed E-state index contributed by atoms with van der Waals surface area (Å²) in [6.45, 7) is 17.4. The fourth-order valence-corrected chi connectivity index (χ4v) is 15.4. The Morgan fingerprint density at radius 2 is 0.581 bits per heavy atom. The molecule has 5 aromatic rings. The topological polar surface area (TPSA) is 241 Å². The summed E-state index contributed by atoms with van der Waals surface area (Å²) in [5, 5.41) is 8.92. The van der Waals surface area contributed by atoms with Crippen LogP contribution in [0.5, 0.6) is 34.5 Å². The Hall–Kier alpha value is -8.45. The lowest BCUT2D eigenvalue weighted by Gasteiger charge is -2.29. The van der Waals surface area contributed by atoms with Crippen molar-refractivity contribution in [1.82, 2.24) is 0 Å². The molecule has 0 bridgehead atoms. The van der Waals surface area contributed by atoms with Crippen molar-refractivity contribution in [2.75, 3.05) is 66.1 Å². The van der Waals surface area contributed by atoms with Crippen LogP contribution in [0.4, 0.5) is 0 Å². The molecule has 0 spiro atoms. The zero-order valence-corrected chi connectivity index (χ0v) is 77.1. The molecule has 0 atom stereocenters. The molecule has 5 aromatic carbocycles. The number of aliphatic hydroxyl groups is 1. The molecule has 0 aliphatic heterocycles. The average Bonchev–Trinajstić information content (AvgIpc) is 0.850. The van der Waals surface area contributed by atoms with Gasteiger partial charge in [0.1, 0.15) is 40.1 Å². The van der Waals surface area contributed by atoms with Crippen molar-refractivity contribution in [2.24, 2.45) is 11.8 Å². The van der Waals surface area contributed by atoms with Crippen LogP contribution in [-0.4, -0.2) is 113 Å². The van der Waals surface area contributed by atoms with Gasteiger partial charge in [-0.1, -0.05) is 226 Å². The third-order valence-electron chi connectivity index (χ3n) is 23.1. The van der Waals surface area contributed by atoms with Gasteiger partial charge in [-0.05, 0) is 248 Å². The van der Waals surface area contributed by atoms with E-state index in [1.165, 1.54) is 152 Å². The normalized spacial score (nSPS) is 14.7. The van der Waals surface area contributed by atoms with Gasteiger partial charge in [0.15, 0.2) is 0 Å². The molecule has 0 unspecified atom stereocenters. The molecule has 2 aliphatic carbocycles. The van der Waals surface area contributed by atoms with Gasteiger partial charge in [0.25, 0.3) is 0 Å². The number of esters is 7. The van der Waals surface area contributed by atoms with Crippen LogP contribution in [0.1, 0.15) is 404 Å². The zero-order chi connectivity index (χ0) is 88.9. The maximum absolute atomic E-state index is 12.9. The smallest absolute Gasteiger partial charge is 0.343 e. The predicted octanol–water partition coefficient (Wildman–Crippen LogP) is 26.6. The van der Waals surface area contributed by atoms with Crippen LogP contribution in [-0.2, 0) is 42.9 Å². The predicted molar refractivity (Wildman–Crippen MR) is 493 cm³/mol. The van der Waals surface area contributed by atoms with Gasteiger partial charge in [0.2, 0.25) is 0 Å². The summed E-state index contributed by atoms with van der Waals surface area (Å²) in [6, 6.07) is 36.0. The zero-order valence-electron chi connectivity index (χ0n) is 77.1. The van der Waals surface area contributed by atoms with Crippen LogP contribution in [0.15, 0.2) is 115 Å². The first-order valence-electron chi connectivity index (χ1n) is 48.6. The number of hydrogen-bond donors (Lipinski definition) is 1. The van der Waals surface area contributed by atoms with E-state index < -0.39 is 5.97 Å². The minimum Gasteiger partial charge on any atom is -0.494 e. The molecular weight excluding hydrogens is 1570 g/mol. The van der Waals surface area contributed by atoms with Crippen molar-refractivity contribution in [3.8, 4) is 34.5 Å². The Balaban J connectivity index is 0.000000335. The molecule has 692 valence electrons. The lowest BCUT2D eigenvalue weighted by atomic mass is 9.77. The SMILES string of the molecule is CCCCCC1CCC(c2ccc(OC(=O)c3ccc(OCCCCCCCCOC(=O)CCC(=O)OCCC)cc3)cc2)CC1.CCCCCCCOc1ccc(OCCCCCCCCOC(=O)CCC(=O)OCCCC)c(C(=O)OCCCCCCO)c1.CCCCCCOc1ccc(C(=O)Oc2ccc(C3CCC(CCCCC)CC3)cc2)cc1. The maximum Gasteiger partial charge on any atom is 0.343 e. The Morgan fingerprint density at radius 1 is 0.274 bits per heavy atom. The highest BCUT2D eigenvalue weighted by Crippen LogP contribution is 2.40. The van der Waals surface area contributed by atoms with Gasteiger partial charge >= 0.3 is 41.8 Å². The van der Waals surface area contributed by atoms with Crippen LogP contribution in [0.3, 0.4) is 0 Å². The number of carbonyl (C=O) groups excluding carboxylic acids is 7. The molecule has 7 rings (SSSR count). The molecule has 0 saturated heterocycles. The van der Waals surface area contributed by atoms with Gasteiger partial charge in [-0.3, -0.25) is 19.2 Å². The first kappa shape index (κ1) is 106. The average molecular weight is 1720 g/mol. The second-order valence-corrected chi connectivity index (χ2v) is 33.7. The second-order valence-electron chi connectivity index (χ2n) is 33.7. The summed E-state index contributed by atoms with van der Waals surface area (Å²) in [4.78, 5) is 84.6. The van der Waals surface area contributed by atoms with Gasteiger partial charge in [0.05, 0.1) is 96.3 Å². The molecule has 0 radical (unpaired) electrons. The molecule has 19 heteroatoms. The molecule has 1 N–H and O–H groups in total. The van der Waals surface area contributed by atoms with Crippen LogP contribution in [0.2, 0.25) is 0 Å². The first-order valence-corrected chi connectivity index (χ1v) is 48.6. The molecule has 19 nitrogen and oxygen atoms in total. The fourth-order valence-electron chi connectivity index (χ4n) is 15.4. The van der Waals surface area contributed by atoms with Crippen LogP contribution < -0.4 is 28.4 Å². The standard InChI is InChI=1S/C39H56O7.C36H60O9.C30H42O3/c1-3-5-10-13-31-14-16-32(17-15-31)33-18-24-36(25-19-33)46-39(42)34-20-22-35(23-21-34)43-29-11-8-6-7-9-12-30-45-38(41)27-26-37(40)44-28-4-2;1-3-5-7-11-16-26-41-31-20-21-33(32(30-31)36(40)45-29-19-14-10-15-24-37)42-27-17-12-8-9-13-18-28-44-35(39)23-22-34(38)43-25-6-4-2;1-3-5-7-9-23-32-28-19-17-27(18-20-28)30(31)33-29-21-15-26(16-22-29)25-13-11-24(12-14-25)10-8-6-4-2/h18-25,31-32H,3-17,26-30H2,1-2H3;20-21,30,37H,3-19,22-29H2,1-2H3;15-22,24-25H,3-14,23H2,1-2H3. The third kappa shape index (κ3) is 49.5. The molecule has 0 heterocycles. The van der Waals surface area contributed by atoms with Gasteiger partial charge in [-0.25, -0.2) is 14.4 Å². The molecule has 0 aromatic heterocycles. The lowest BCUT2D eigenvalue weighted by molar-refractivity contribution is -0.150. The molecule has 2 saturated carbocycles. The minimum absolute atomic E-state index is 0.0602. The highest BCUT2D eigenvalue weighted by Gasteiger charge is 2.25. The van der Waals surface area contributed by atoms with E-state index in [4.69, 9.17) is 57.2 Å². The van der Waals surface area contributed by atoms with E-state index in [2.05, 4.69) is 52.0 Å². The summed E-state index contributed by atoms with van der Waals surface area (Å²) in [5.74, 6) is 4.43. The van der Waals surface area contributed by atoms with E-state index in [1.54, 1.807) is 36.4 Å². The second kappa shape index (κ2) is 69.7. The van der Waals surface area contributed by atoms with Crippen LogP contribution in [0, 0.1) is 11.8 Å². The summed E-state index contributed by atoms with van der Waals surface area (Å²) in [7, 11) is 0. The van der Waals surface area contributed by atoms with E-state index in [0.29, 0.717) is 104 Å². The van der Waals surface area contributed by atoms with Gasteiger partial charge < -0.3 is 57.2 Å². The molecule has 0 amide bonds. The molecule has 2 fully saturated rings. The number of benzene rings is 5. The van der Waals surface area contributed by atoms with E-state index >= 15 is 0 Å². The summed E-state index contributed by atoms with van der Waals surface area (Å²) in [5.41, 5.74) is 4.16. The number of unbranched alkanes of at least 4 members (excludes halogenated alkanes) is 25. The van der Waals surface area contributed by atoms with Gasteiger partial charge in [-0.2, -0.15) is 0 Å². The number of aliphatic hydroxyl groups excluding tert-OH is 1. The Kier molecular flexibility index (Phi) is 59.6. The summed E-state index contributed by atoms with van der Waals surface area (Å²) >= 11 is 0. The van der Waals surface area contributed by atoms with Crippen molar-refractivity contribution in [3.63, 3.8) is 0 Å².